The van der Waals surface area contributed by atoms with Crippen molar-refractivity contribution < 1.29 is 14.3 Å². The lowest BCUT2D eigenvalue weighted by Crippen LogP contribution is -2.41. The third-order valence-electron chi connectivity index (χ3n) is 2.38. The van der Waals surface area contributed by atoms with Gasteiger partial charge in [0, 0.05) is 0 Å². The lowest BCUT2D eigenvalue weighted by Gasteiger charge is -2.25. The van der Waals surface area contributed by atoms with Gasteiger partial charge in [0.15, 0.2) is 5.60 Å². The van der Waals surface area contributed by atoms with Crippen molar-refractivity contribution in [3.05, 3.63) is 0 Å². The second-order valence-corrected chi connectivity index (χ2v) is 4.11. The second-order valence-electron chi connectivity index (χ2n) is 4.11. The fourth-order valence-corrected chi connectivity index (χ4v) is 1.45. The molecule has 1 unspecified atom stereocenters. The van der Waals surface area contributed by atoms with Crippen LogP contribution >= 0.6 is 0 Å². The molecule has 0 saturated carbocycles. The third-order valence-corrected chi connectivity index (χ3v) is 2.38. The highest BCUT2D eigenvalue weighted by atomic mass is 16.5. The van der Waals surface area contributed by atoms with Crippen molar-refractivity contribution in [2.24, 2.45) is 5.92 Å². The third kappa shape index (κ3) is 2.12. The zero-order valence-electron chi connectivity index (χ0n) is 8.92. The first-order valence-corrected chi connectivity index (χ1v) is 4.98. The molecule has 1 rings (SSSR count). The van der Waals surface area contributed by atoms with Crippen molar-refractivity contribution in [1.82, 2.24) is 5.32 Å². The maximum atomic E-state index is 11.5. The molecule has 0 radical (unpaired) electrons. The van der Waals surface area contributed by atoms with E-state index in [0.717, 1.165) is 0 Å². The Balaban J connectivity index is 2.66. The molecule has 1 saturated heterocycles. The van der Waals surface area contributed by atoms with E-state index in [2.05, 4.69) is 5.32 Å². The Bertz CT molecular complexity index is 250. The quantitative estimate of drug-likeness (QED) is 0.683. The van der Waals surface area contributed by atoms with Gasteiger partial charge in [-0.15, -0.1) is 0 Å². The Hall–Kier alpha value is -0.900. The standard InChI is InChI=1S/C10H17NO3/c1-4-10(14-6-7(2)3)5-8(12)11-9(10)13/h7H,4-6H2,1-3H3,(H,11,12,13). The molecule has 4 nitrogen and oxygen atoms in total. The second kappa shape index (κ2) is 4.09. The average molecular weight is 199 g/mol. The summed E-state index contributed by atoms with van der Waals surface area (Å²) in [7, 11) is 0. The minimum Gasteiger partial charge on any atom is -0.364 e. The molecule has 0 aromatic rings. The van der Waals surface area contributed by atoms with Crippen molar-refractivity contribution >= 4 is 11.8 Å². The summed E-state index contributed by atoms with van der Waals surface area (Å²) in [5.41, 5.74) is -0.901. The van der Waals surface area contributed by atoms with Gasteiger partial charge >= 0.3 is 0 Å². The van der Waals surface area contributed by atoms with Gasteiger partial charge in [0.2, 0.25) is 5.91 Å². The van der Waals surface area contributed by atoms with Gasteiger partial charge in [-0.3, -0.25) is 14.9 Å². The molecule has 0 aromatic heterocycles. The minimum atomic E-state index is -0.901. The average Bonchev–Trinajstić information content (AvgIpc) is 2.38. The van der Waals surface area contributed by atoms with Gasteiger partial charge in [-0.25, -0.2) is 0 Å². The van der Waals surface area contributed by atoms with E-state index in [1.165, 1.54) is 0 Å². The van der Waals surface area contributed by atoms with E-state index >= 15 is 0 Å². The molecule has 2 amide bonds. The van der Waals surface area contributed by atoms with E-state index in [1.54, 1.807) is 0 Å². The van der Waals surface area contributed by atoms with E-state index in [9.17, 15) is 9.59 Å². The van der Waals surface area contributed by atoms with E-state index in [-0.39, 0.29) is 18.2 Å². The Labute approximate surface area is 84.0 Å². The molecule has 0 aromatic carbocycles. The maximum Gasteiger partial charge on any atom is 0.259 e. The van der Waals surface area contributed by atoms with Crippen LogP contribution in [0.15, 0.2) is 0 Å². The van der Waals surface area contributed by atoms with Crippen LogP contribution in [0.2, 0.25) is 0 Å². The van der Waals surface area contributed by atoms with Crippen molar-refractivity contribution in [3.63, 3.8) is 0 Å². The number of nitrogens with one attached hydrogen (secondary N) is 1. The monoisotopic (exact) mass is 199 g/mol. The van der Waals surface area contributed by atoms with E-state index in [4.69, 9.17) is 4.74 Å². The van der Waals surface area contributed by atoms with Crippen molar-refractivity contribution in [2.45, 2.75) is 39.2 Å². The lowest BCUT2D eigenvalue weighted by atomic mass is 9.98. The van der Waals surface area contributed by atoms with Gasteiger partial charge in [-0.2, -0.15) is 0 Å². The summed E-state index contributed by atoms with van der Waals surface area (Å²) in [4.78, 5) is 22.6. The van der Waals surface area contributed by atoms with Gasteiger partial charge in [0.1, 0.15) is 0 Å². The number of rotatable bonds is 4. The summed E-state index contributed by atoms with van der Waals surface area (Å²) in [5.74, 6) is -0.159. The van der Waals surface area contributed by atoms with Gasteiger partial charge in [-0.05, 0) is 12.3 Å². The molecule has 1 fully saturated rings. The van der Waals surface area contributed by atoms with Crippen LogP contribution in [0.5, 0.6) is 0 Å². The molecular formula is C10H17NO3. The molecule has 1 atom stereocenters. The highest BCUT2D eigenvalue weighted by molar-refractivity contribution is 6.07. The topological polar surface area (TPSA) is 55.4 Å². The van der Waals surface area contributed by atoms with Crippen LogP contribution in [0, 0.1) is 5.92 Å². The Morgan fingerprint density at radius 1 is 1.50 bits per heavy atom. The summed E-state index contributed by atoms with van der Waals surface area (Å²) in [6.45, 7) is 6.39. The van der Waals surface area contributed by atoms with Crippen LogP contribution in [0.3, 0.4) is 0 Å². The van der Waals surface area contributed by atoms with Gasteiger partial charge in [-0.1, -0.05) is 20.8 Å². The van der Waals surface area contributed by atoms with Crippen molar-refractivity contribution in [3.8, 4) is 0 Å². The predicted molar refractivity (Wildman–Crippen MR) is 51.6 cm³/mol. The molecule has 1 heterocycles. The Morgan fingerprint density at radius 3 is 2.50 bits per heavy atom. The highest BCUT2D eigenvalue weighted by Crippen LogP contribution is 2.26. The molecule has 1 aliphatic rings. The molecule has 0 aliphatic carbocycles. The fourth-order valence-electron chi connectivity index (χ4n) is 1.45. The normalized spacial score (nSPS) is 27.1. The number of carbonyl (C=O) groups excluding carboxylic acids is 2. The van der Waals surface area contributed by atoms with Crippen LogP contribution in [0.4, 0.5) is 0 Å². The first kappa shape index (κ1) is 11.2. The highest BCUT2D eigenvalue weighted by Gasteiger charge is 2.46. The first-order valence-electron chi connectivity index (χ1n) is 4.98. The smallest absolute Gasteiger partial charge is 0.259 e. The SMILES string of the molecule is CCC1(OCC(C)C)CC(=O)NC1=O. The molecule has 0 spiro atoms. The summed E-state index contributed by atoms with van der Waals surface area (Å²) >= 11 is 0. The molecular weight excluding hydrogens is 182 g/mol. The number of carbonyl (C=O) groups is 2. The molecule has 4 heteroatoms. The van der Waals surface area contributed by atoms with Crippen LogP contribution in [-0.4, -0.2) is 24.0 Å². The number of ether oxygens (including phenoxy) is 1. The first-order chi connectivity index (χ1) is 6.50. The van der Waals surface area contributed by atoms with Crippen molar-refractivity contribution in [2.75, 3.05) is 6.61 Å². The molecule has 80 valence electrons. The number of amides is 2. The van der Waals surface area contributed by atoms with Crippen LogP contribution < -0.4 is 5.32 Å². The van der Waals surface area contributed by atoms with Crippen LogP contribution in [0.1, 0.15) is 33.6 Å². The molecule has 14 heavy (non-hydrogen) atoms. The molecule has 1 aliphatic heterocycles. The largest absolute Gasteiger partial charge is 0.364 e. The lowest BCUT2D eigenvalue weighted by molar-refractivity contribution is -0.143. The van der Waals surface area contributed by atoms with Crippen LogP contribution in [-0.2, 0) is 14.3 Å². The molecule has 0 bridgehead atoms. The summed E-state index contributed by atoms with van der Waals surface area (Å²) in [5, 5.41) is 2.28. The fraction of sp³-hybridized carbons (Fsp3) is 0.800. The number of hydrogen-bond donors (Lipinski definition) is 1. The summed E-state index contributed by atoms with van der Waals surface area (Å²) < 4.78 is 5.55. The molecule has 1 N–H and O–H groups in total. The van der Waals surface area contributed by atoms with E-state index < -0.39 is 5.60 Å². The number of hydrogen-bond acceptors (Lipinski definition) is 3. The minimum absolute atomic E-state index is 0.162. The van der Waals surface area contributed by atoms with E-state index in [1.807, 2.05) is 20.8 Å². The predicted octanol–water partition coefficient (Wildman–Crippen LogP) is 0.854. The van der Waals surface area contributed by atoms with E-state index in [0.29, 0.717) is 18.9 Å². The van der Waals surface area contributed by atoms with Gasteiger partial charge < -0.3 is 4.74 Å². The van der Waals surface area contributed by atoms with Crippen molar-refractivity contribution in [1.29, 1.82) is 0 Å². The van der Waals surface area contributed by atoms with Gasteiger partial charge in [0.05, 0.1) is 13.0 Å². The Morgan fingerprint density at radius 2 is 2.14 bits per heavy atom. The number of imide groups is 1. The maximum absolute atomic E-state index is 11.5. The zero-order chi connectivity index (χ0) is 10.8. The zero-order valence-corrected chi connectivity index (χ0v) is 8.92. The Kier molecular flexibility index (Phi) is 3.26. The van der Waals surface area contributed by atoms with Gasteiger partial charge in [0.25, 0.3) is 5.91 Å². The summed E-state index contributed by atoms with van der Waals surface area (Å²) in [6, 6.07) is 0. The van der Waals surface area contributed by atoms with Crippen LogP contribution in [0.25, 0.3) is 0 Å². The summed E-state index contributed by atoms with van der Waals surface area (Å²) in [6.07, 6.45) is 0.701.